The van der Waals surface area contributed by atoms with E-state index in [1.165, 1.54) is 17.0 Å². The monoisotopic (exact) mass is 381 g/mol. The summed E-state index contributed by atoms with van der Waals surface area (Å²) >= 11 is 0. The third kappa shape index (κ3) is 4.11. The van der Waals surface area contributed by atoms with Crippen LogP contribution in [0.1, 0.15) is 25.0 Å². The van der Waals surface area contributed by atoms with Crippen molar-refractivity contribution in [2.24, 2.45) is 0 Å². The first-order chi connectivity index (χ1) is 9.93. The van der Waals surface area contributed by atoms with Gasteiger partial charge in [0.05, 0.1) is 6.54 Å². The number of halogens is 3. The van der Waals surface area contributed by atoms with E-state index in [9.17, 15) is 13.2 Å². The first-order valence-electron chi connectivity index (χ1n) is 6.78. The van der Waals surface area contributed by atoms with Crippen molar-refractivity contribution in [1.82, 2.24) is 4.90 Å². The smallest absolute Gasteiger partial charge is 0.256 e. The van der Waals surface area contributed by atoms with Gasteiger partial charge in [-0.25, -0.2) is 13.2 Å². The Bertz CT molecular complexity index is 620. The Labute approximate surface area is 154 Å². The van der Waals surface area contributed by atoms with E-state index in [2.05, 4.69) is 12.7 Å². The summed E-state index contributed by atoms with van der Waals surface area (Å²) in [6.45, 7) is 7.12. The SMILES string of the molecule is C=C1C(C)=C[C-]=C(c2ccc(F)cc2CC)N1CC(F)F.[Y]. The van der Waals surface area contributed by atoms with Gasteiger partial charge in [0.25, 0.3) is 6.43 Å². The second kappa shape index (κ2) is 8.12. The molecule has 1 aliphatic heterocycles. The predicted octanol–water partition coefficient (Wildman–Crippen LogP) is 4.57. The minimum absolute atomic E-state index is 0. The van der Waals surface area contributed by atoms with Crippen LogP contribution in [0.4, 0.5) is 13.2 Å². The Hall–Kier alpha value is -0.866. The summed E-state index contributed by atoms with van der Waals surface area (Å²) in [5.74, 6) is -0.335. The predicted molar refractivity (Wildman–Crippen MR) is 78.0 cm³/mol. The average molecular weight is 381 g/mol. The quantitative estimate of drug-likeness (QED) is 0.691. The zero-order valence-electron chi connectivity index (χ0n) is 12.7. The zero-order chi connectivity index (χ0) is 15.6. The summed E-state index contributed by atoms with van der Waals surface area (Å²) in [5.41, 5.74) is 3.31. The molecule has 0 spiro atoms. The number of aryl methyl sites for hydroxylation is 1. The molecule has 0 unspecified atom stereocenters. The number of alkyl halides is 2. The van der Waals surface area contributed by atoms with Crippen molar-refractivity contribution in [3.63, 3.8) is 0 Å². The van der Waals surface area contributed by atoms with Gasteiger partial charge in [0.1, 0.15) is 5.82 Å². The second-order valence-electron chi connectivity index (χ2n) is 4.92. The van der Waals surface area contributed by atoms with E-state index in [0.29, 0.717) is 23.4 Å². The molecule has 22 heavy (non-hydrogen) atoms. The molecule has 0 atom stereocenters. The van der Waals surface area contributed by atoms with E-state index in [1.807, 2.05) is 6.92 Å². The normalized spacial score (nSPS) is 14.6. The third-order valence-corrected chi connectivity index (χ3v) is 3.50. The molecule has 0 saturated carbocycles. The van der Waals surface area contributed by atoms with Crippen LogP contribution in [-0.4, -0.2) is 17.9 Å². The van der Waals surface area contributed by atoms with Crippen LogP contribution in [0, 0.1) is 11.9 Å². The van der Waals surface area contributed by atoms with E-state index < -0.39 is 13.0 Å². The van der Waals surface area contributed by atoms with Crippen molar-refractivity contribution in [1.29, 1.82) is 0 Å². The Morgan fingerprint density at radius 3 is 2.59 bits per heavy atom. The minimum atomic E-state index is -2.49. The summed E-state index contributed by atoms with van der Waals surface area (Å²) in [6, 6.07) is 4.37. The van der Waals surface area contributed by atoms with Gasteiger partial charge < -0.3 is 4.90 Å². The Kier molecular flexibility index (Phi) is 7.08. The molecule has 1 radical (unpaired) electrons. The molecule has 1 heterocycles. The first kappa shape index (κ1) is 19.2. The first-order valence-corrected chi connectivity index (χ1v) is 6.78. The van der Waals surface area contributed by atoms with E-state index in [4.69, 9.17) is 0 Å². The molecule has 0 amide bonds. The van der Waals surface area contributed by atoms with Crippen LogP contribution in [0.3, 0.4) is 0 Å². The third-order valence-electron chi connectivity index (χ3n) is 3.50. The molecular weight excluding hydrogens is 364 g/mol. The molecule has 1 aliphatic rings. The van der Waals surface area contributed by atoms with Crippen molar-refractivity contribution in [2.45, 2.75) is 26.7 Å². The van der Waals surface area contributed by atoms with E-state index >= 15 is 0 Å². The average Bonchev–Trinajstić information content (AvgIpc) is 2.44. The van der Waals surface area contributed by atoms with Gasteiger partial charge in [0.2, 0.25) is 0 Å². The van der Waals surface area contributed by atoms with Crippen molar-refractivity contribution < 1.29 is 45.9 Å². The zero-order valence-corrected chi connectivity index (χ0v) is 15.5. The Balaban J connectivity index is 0.00000242. The van der Waals surface area contributed by atoms with Crippen molar-refractivity contribution in [2.75, 3.05) is 6.54 Å². The van der Waals surface area contributed by atoms with Gasteiger partial charge in [-0.05, 0) is 24.3 Å². The molecule has 0 aromatic heterocycles. The molecule has 1 aromatic rings. The summed E-state index contributed by atoms with van der Waals surface area (Å²) in [7, 11) is 0. The molecule has 0 aliphatic carbocycles. The van der Waals surface area contributed by atoms with Crippen LogP contribution in [0.2, 0.25) is 0 Å². The molecule has 2 rings (SSSR count). The van der Waals surface area contributed by atoms with Crippen molar-refractivity contribution in [3.05, 3.63) is 65.1 Å². The number of benzene rings is 1. The topological polar surface area (TPSA) is 3.24 Å². The molecule has 1 aromatic carbocycles. The number of hydrogen-bond acceptors (Lipinski definition) is 1. The van der Waals surface area contributed by atoms with Crippen LogP contribution in [-0.2, 0) is 39.1 Å². The van der Waals surface area contributed by atoms with Crippen LogP contribution >= 0.6 is 0 Å². The van der Waals surface area contributed by atoms with Gasteiger partial charge >= 0.3 is 0 Å². The largest absolute Gasteiger partial charge is 0.370 e. The molecule has 0 saturated heterocycles. The number of nitrogens with zero attached hydrogens (tertiary/aromatic N) is 1. The maximum absolute atomic E-state index is 13.4. The molecular formula is C17H17F3NY-. The molecule has 0 N–H and O–H groups in total. The number of allylic oxidation sites excluding steroid dienone is 3. The van der Waals surface area contributed by atoms with Crippen molar-refractivity contribution >= 4 is 5.70 Å². The fourth-order valence-corrected chi connectivity index (χ4v) is 2.33. The molecule has 5 heteroatoms. The number of hydrogen-bond donors (Lipinski definition) is 0. The molecule has 1 nitrogen and oxygen atoms in total. The van der Waals surface area contributed by atoms with Crippen LogP contribution in [0.25, 0.3) is 5.70 Å². The van der Waals surface area contributed by atoms with Gasteiger partial charge in [-0.1, -0.05) is 37.3 Å². The fraction of sp³-hybridized carbons (Fsp3) is 0.294. The van der Waals surface area contributed by atoms with Crippen LogP contribution < -0.4 is 0 Å². The maximum Gasteiger partial charge on any atom is 0.256 e. The van der Waals surface area contributed by atoms with E-state index in [1.54, 1.807) is 19.1 Å². The molecule has 115 valence electrons. The standard InChI is InChI=1S/C17H17F3N.Y/c1-4-13-9-14(18)6-7-15(13)16-8-5-11(2)12(3)21(16)10-17(19)20;/h5-7,9,17H,3-4,10H2,1-2H3;/q-1;. The van der Waals surface area contributed by atoms with Crippen molar-refractivity contribution in [3.8, 4) is 0 Å². The Morgan fingerprint density at radius 2 is 2.00 bits per heavy atom. The van der Waals surface area contributed by atoms with Gasteiger partial charge in [-0.15, -0.1) is 11.6 Å². The minimum Gasteiger partial charge on any atom is -0.370 e. The van der Waals surface area contributed by atoms with Crippen LogP contribution in [0.5, 0.6) is 0 Å². The van der Waals surface area contributed by atoms with E-state index in [-0.39, 0.29) is 38.5 Å². The molecule has 0 fully saturated rings. The molecule has 0 bridgehead atoms. The summed E-state index contributed by atoms with van der Waals surface area (Å²) < 4.78 is 39.1. The van der Waals surface area contributed by atoms with E-state index in [0.717, 1.165) is 11.1 Å². The maximum atomic E-state index is 13.4. The summed E-state index contributed by atoms with van der Waals surface area (Å²) in [5, 5.41) is 0. The van der Waals surface area contributed by atoms with Crippen LogP contribution in [0.15, 0.2) is 42.1 Å². The van der Waals surface area contributed by atoms with Gasteiger partial charge in [-0.2, -0.15) is 12.2 Å². The summed E-state index contributed by atoms with van der Waals surface area (Å²) in [6.07, 6.45) is 2.87. The Morgan fingerprint density at radius 1 is 1.32 bits per heavy atom. The van der Waals surface area contributed by atoms with Gasteiger partial charge in [-0.3, -0.25) is 0 Å². The summed E-state index contributed by atoms with van der Waals surface area (Å²) in [4.78, 5) is 1.45. The number of rotatable bonds is 4. The second-order valence-corrected chi connectivity index (χ2v) is 4.92. The fourth-order valence-electron chi connectivity index (χ4n) is 2.33. The van der Waals surface area contributed by atoms with Gasteiger partial charge in [0.15, 0.2) is 0 Å². The van der Waals surface area contributed by atoms with Gasteiger partial charge in [0, 0.05) is 32.7 Å².